The summed E-state index contributed by atoms with van der Waals surface area (Å²) in [6.07, 6.45) is 1.84. The second-order valence-corrected chi connectivity index (χ2v) is 8.79. The number of benzene rings is 1. The topological polar surface area (TPSA) is 147 Å². The Morgan fingerprint density at radius 1 is 1.28 bits per heavy atom. The van der Waals surface area contributed by atoms with Crippen LogP contribution in [0.5, 0.6) is 0 Å². The van der Waals surface area contributed by atoms with Gasteiger partial charge >= 0.3 is 0 Å². The third kappa shape index (κ3) is 3.87. The Kier molecular flexibility index (Phi) is 5.21. The number of Topliss-reactive ketones (excluding diaryl/α,β-unsaturated/α-hetero) is 1. The van der Waals surface area contributed by atoms with E-state index in [1.807, 2.05) is 13.0 Å². The molecule has 2 aromatic heterocycles. The second kappa shape index (κ2) is 7.35. The molecular formula is C18H14ClN5O4S. The predicted octanol–water partition coefficient (Wildman–Crippen LogP) is 1.88. The molecule has 3 rings (SSSR count). The molecule has 0 bridgehead atoms. The van der Waals surface area contributed by atoms with Crippen LogP contribution < -0.4 is 5.56 Å². The van der Waals surface area contributed by atoms with Crippen LogP contribution in [0.4, 0.5) is 0 Å². The van der Waals surface area contributed by atoms with Gasteiger partial charge in [-0.25, -0.2) is 23.4 Å². The Morgan fingerprint density at radius 3 is 2.59 bits per heavy atom. The molecule has 9 nitrogen and oxygen atoms in total. The number of nitriles is 1. The molecule has 0 aliphatic heterocycles. The number of ketones is 1. The molecule has 1 aromatic carbocycles. The van der Waals surface area contributed by atoms with Gasteiger partial charge < -0.3 is 4.98 Å². The molecule has 1 atom stereocenters. The van der Waals surface area contributed by atoms with Crippen molar-refractivity contribution in [3.63, 3.8) is 0 Å². The van der Waals surface area contributed by atoms with E-state index in [9.17, 15) is 23.3 Å². The molecule has 3 aromatic rings. The normalized spacial score (nSPS) is 12.5. The summed E-state index contributed by atoms with van der Waals surface area (Å²) in [7, 11) is -3.81. The van der Waals surface area contributed by atoms with Crippen LogP contribution in [0, 0.1) is 25.2 Å². The van der Waals surface area contributed by atoms with Gasteiger partial charge in [0.2, 0.25) is 20.8 Å². The van der Waals surface area contributed by atoms with Crippen LogP contribution in [-0.2, 0) is 9.84 Å². The van der Waals surface area contributed by atoms with E-state index in [0.29, 0.717) is 16.5 Å². The molecular weight excluding hydrogens is 418 g/mol. The van der Waals surface area contributed by atoms with Gasteiger partial charge in [0, 0.05) is 6.26 Å². The van der Waals surface area contributed by atoms with Gasteiger partial charge in [-0.3, -0.25) is 9.59 Å². The SMILES string of the molecule is Cc1cc(C)c2nc([C@@H](C#N)C(=O)c3nc(S(C)(=O)=O)ncc3Cl)[nH]c(=O)c2c1. The van der Waals surface area contributed by atoms with E-state index >= 15 is 0 Å². The van der Waals surface area contributed by atoms with E-state index in [-0.39, 0.29) is 10.8 Å². The average molecular weight is 432 g/mol. The van der Waals surface area contributed by atoms with Crippen molar-refractivity contribution in [1.29, 1.82) is 5.26 Å². The van der Waals surface area contributed by atoms with E-state index < -0.39 is 37.9 Å². The first-order valence-electron chi connectivity index (χ1n) is 8.20. The fraction of sp³-hybridized carbons (Fsp3) is 0.222. The number of carbonyl (C=O) groups excluding carboxylic acids is 1. The summed E-state index contributed by atoms with van der Waals surface area (Å²) in [5.41, 5.74) is 0.973. The summed E-state index contributed by atoms with van der Waals surface area (Å²) in [5.74, 6) is -2.64. The molecule has 2 heterocycles. The number of aromatic amines is 1. The lowest BCUT2D eigenvalue weighted by Gasteiger charge is -2.11. The molecule has 0 saturated carbocycles. The maximum atomic E-state index is 12.9. The van der Waals surface area contributed by atoms with Gasteiger partial charge in [-0.1, -0.05) is 17.7 Å². The first-order valence-corrected chi connectivity index (χ1v) is 10.5. The van der Waals surface area contributed by atoms with Gasteiger partial charge in [0.25, 0.3) is 5.56 Å². The number of nitrogens with zero attached hydrogens (tertiary/aromatic N) is 4. The van der Waals surface area contributed by atoms with E-state index in [1.165, 1.54) is 0 Å². The minimum Gasteiger partial charge on any atom is -0.308 e. The average Bonchev–Trinajstić information content (AvgIpc) is 2.62. The number of H-pyrrole nitrogens is 1. The van der Waals surface area contributed by atoms with Crippen molar-refractivity contribution in [3.05, 3.63) is 56.4 Å². The number of carbonyl (C=O) groups is 1. The molecule has 0 spiro atoms. The molecule has 0 fully saturated rings. The Labute approximate surface area is 170 Å². The molecule has 0 amide bonds. The highest BCUT2D eigenvalue weighted by Crippen LogP contribution is 2.24. The Balaban J connectivity index is 2.18. The lowest BCUT2D eigenvalue weighted by molar-refractivity contribution is 0.0970. The maximum Gasteiger partial charge on any atom is 0.258 e. The Morgan fingerprint density at radius 2 is 1.97 bits per heavy atom. The van der Waals surface area contributed by atoms with Crippen LogP contribution in [0.15, 0.2) is 28.3 Å². The molecule has 1 N–H and O–H groups in total. The second-order valence-electron chi connectivity index (χ2n) is 6.48. The fourth-order valence-corrected chi connectivity index (χ4v) is 3.52. The van der Waals surface area contributed by atoms with Crippen LogP contribution in [0.25, 0.3) is 10.9 Å². The summed E-state index contributed by atoms with van der Waals surface area (Å²) in [6.45, 7) is 3.59. The van der Waals surface area contributed by atoms with Gasteiger partial charge in [0.05, 0.1) is 28.2 Å². The Bertz CT molecular complexity index is 1380. The van der Waals surface area contributed by atoms with Crippen molar-refractivity contribution in [2.75, 3.05) is 6.26 Å². The number of sulfone groups is 1. The zero-order valence-corrected chi connectivity index (χ0v) is 17.1. The van der Waals surface area contributed by atoms with Gasteiger partial charge in [-0.05, 0) is 31.0 Å². The van der Waals surface area contributed by atoms with Crippen molar-refractivity contribution in [2.24, 2.45) is 0 Å². The minimum atomic E-state index is -3.81. The number of hydrogen-bond acceptors (Lipinski definition) is 8. The van der Waals surface area contributed by atoms with E-state index in [1.54, 1.807) is 19.1 Å². The highest BCUT2D eigenvalue weighted by atomic mass is 35.5. The first kappa shape index (κ1) is 20.6. The molecule has 148 valence electrons. The first-order chi connectivity index (χ1) is 13.5. The zero-order chi connectivity index (χ0) is 21.5. The van der Waals surface area contributed by atoms with Crippen LogP contribution in [-0.4, -0.2) is 40.4 Å². The van der Waals surface area contributed by atoms with Crippen molar-refractivity contribution < 1.29 is 13.2 Å². The molecule has 0 saturated heterocycles. The van der Waals surface area contributed by atoms with Crippen molar-refractivity contribution in [1.82, 2.24) is 19.9 Å². The van der Waals surface area contributed by atoms with Gasteiger partial charge in [0.1, 0.15) is 11.5 Å². The lowest BCUT2D eigenvalue weighted by atomic mass is 10.0. The highest BCUT2D eigenvalue weighted by molar-refractivity contribution is 7.90. The fourth-order valence-electron chi connectivity index (χ4n) is 2.83. The minimum absolute atomic E-state index is 0.183. The van der Waals surface area contributed by atoms with Crippen LogP contribution in [0.3, 0.4) is 0 Å². The van der Waals surface area contributed by atoms with Crippen molar-refractivity contribution in [3.8, 4) is 6.07 Å². The van der Waals surface area contributed by atoms with E-state index in [2.05, 4.69) is 19.9 Å². The number of hydrogen-bond donors (Lipinski definition) is 1. The van der Waals surface area contributed by atoms with Gasteiger partial charge in [-0.2, -0.15) is 5.26 Å². The summed E-state index contributed by atoms with van der Waals surface area (Å²) >= 11 is 5.96. The standard InChI is InChI=1S/C18H14ClN5O4S/c1-8-4-9(2)13-10(5-8)17(26)24-16(22-13)11(6-20)15(25)14-12(19)7-21-18(23-14)29(3,27)28/h4-5,7,11H,1-3H3,(H,22,24,26)/t11-/m0/s1. The number of aryl methyl sites for hydroxylation is 2. The quantitative estimate of drug-likeness (QED) is 0.486. The number of aromatic nitrogens is 4. The van der Waals surface area contributed by atoms with E-state index in [0.717, 1.165) is 18.0 Å². The molecule has 0 aliphatic rings. The molecule has 0 unspecified atom stereocenters. The maximum absolute atomic E-state index is 12.9. The molecule has 0 radical (unpaired) electrons. The smallest absolute Gasteiger partial charge is 0.258 e. The monoisotopic (exact) mass is 431 g/mol. The predicted molar refractivity (Wildman–Crippen MR) is 105 cm³/mol. The summed E-state index contributed by atoms with van der Waals surface area (Å²) in [5, 5.41) is 9.07. The van der Waals surface area contributed by atoms with Crippen molar-refractivity contribution in [2.45, 2.75) is 24.9 Å². The largest absolute Gasteiger partial charge is 0.308 e. The third-order valence-electron chi connectivity index (χ3n) is 4.12. The number of nitrogens with one attached hydrogen (secondary N) is 1. The number of rotatable bonds is 4. The Hall–Kier alpha value is -3.16. The summed E-state index contributed by atoms with van der Waals surface area (Å²) < 4.78 is 23.4. The van der Waals surface area contributed by atoms with Crippen LogP contribution >= 0.6 is 11.6 Å². The lowest BCUT2D eigenvalue weighted by Crippen LogP contribution is -2.22. The van der Waals surface area contributed by atoms with Crippen LogP contribution in [0.2, 0.25) is 5.02 Å². The molecule has 0 aliphatic carbocycles. The molecule has 11 heteroatoms. The summed E-state index contributed by atoms with van der Waals surface area (Å²) in [4.78, 5) is 39.4. The number of halogens is 1. The van der Waals surface area contributed by atoms with E-state index in [4.69, 9.17) is 11.6 Å². The van der Waals surface area contributed by atoms with Gasteiger partial charge in [-0.15, -0.1) is 0 Å². The van der Waals surface area contributed by atoms with Gasteiger partial charge in [0.15, 0.2) is 5.92 Å². The van der Waals surface area contributed by atoms with Crippen LogP contribution in [0.1, 0.15) is 33.4 Å². The third-order valence-corrected chi connectivity index (χ3v) is 5.25. The highest BCUT2D eigenvalue weighted by Gasteiger charge is 2.29. The van der Waals surface area contributed by atoms with Crippen molar-refractivity contribution >= 4 is 38.1 Å². The number of fused-ring (bicyclic) bond motifs is 1. The molecule has 29 heavy (non-hydrogen) atoms. The zero-order valence-electron chi connectivity index (χ0n) is 15.5. The summed E-state index contributed by atoms with van der Waals surface area (Å²) in [6, 6.07) is 5.25.